The summed E-state index contributed by atoms with van der Waals surface area (Å²) < 4.78 is 6.54. The molecule has 1 atom stereocenters. The zero-order valence-electron chi connectivity index (χ0n) is 11.1. The topological polar surface area (TPSA) is 65.4 Å². The Kier molecular flexibility index (Phi) is 3.95. The molecule has 0 aliphatic carbocycles. The van der Waals surface area contributed by atoms with Gasteiger partial charge in [-0.2, -0.15) is 0 Å². The predicted octanol–water partition coefficient (Wildman–Crippen LogP) is 1.27. The lowest BCUT2D eigenvalue weighted by Crippen LogP contribution is -2.27. The fraction of sp³-hybridized carbons (Fsp3) is 0.500. The second-order valence-electron chi connectivity index (χ2n) is 4.68. The molecule has 0 aromatic carbocycles. The molecule has 5 heteroatoms. The second kappa shape index (κ2) is 5.48. The summed E-state index contributed by atoms with van der Waals surface area (Å²) in [4.78, 5) is 35.3. The lowest BCUT2D eigenvalue weighted by atomic mass is 9.93. The summed E-state index contributed by atoms with van der Waals surface area (Å²) in [7, 11) is 1.51. The summed E-state index contributed by atoms with van der Waals surface area (Å²) in [6, 6.07) is 1.69. The van der Waals surface area contributed by atoms with E-state index in [0.717, 1.165) is 6.29 Å². The van der Waals surface area contributed by atoms with Crippen LogP contribution in [0.3, 0.4) is 0 Å². The number of aldehydes is 1. The predicted molar refractivity (Wildman–Crippen MR) is 69.5 cm³/mol. The molecule has 1 unspecified atom stereocenters. The number of ether oxygens (including phenoxy) is 1. The van der Waals surface area contributed by atoms with Gasteiger partial charge in [-0.25, -0.2) is 0 Å². The Hall–Kier alpha value is -1.75. The molecule has 102 valence electrons. The summed E-state index contributed by atoms with van der Waals surface area (Å²) in [5.74, 6) is -0.403. The van der Waals surface area contributed by atoms with Crippen LogP contribution in [0.1, 0.15) is 47.3 Å². The van der Waals surface area contributed by atoms with Crippen molar-refractivity contribution in [2.45, 2.75) is 38.8 Å². The number of aromatic nitrogens is 1. The molecule has 1 aromatic rings. The molecule has 0 N–H and O–H groups in total. The van der Waals surface area contributed by atoms with Gasteiger partial charge in [0.25, 0.3) is 5.56 Å². The minimum atomic E-state index is -0.364. The van der Waals surface area contributed by atoms with Crippen molar-refractivity contribution in [3.63, 3.8) is 0 Å². The van der Waals surface area contributed by atoms with E-state index in [2.05, 4.69) is 0 Å². The van der Waals surface area contributed by atoms with Crippen molar-refractivity contribution in [2.24, 2.45) is 0 Å². The van der Waals surface area contributed by atoms with Gasteiger partial charge in [0.05, 0.1) is 12.3 Å². The third-order valence-corrected chi connectivity index (χ3v) is 3.58. The van der Waals surface area contributed by atoms with Crippen LogP contribution in [0.4, 0.5) is 0 Å². The largest absolute Gasteiger partial charge is 0.380 e. The standard InChI is InChI=1S/C14H17NO4/c1-3-9(7-16)10-6-12-13(17)4-5-15(12)14(18)11(10)8-19-2/h6-7,9H,3-5,8H2,1-2H3. The fourth-order valence-corrected chi connectivity index (χ4v) is 2.51. The van der Waals surface area contributed by atoms with Gasteiger partial charge in [0.15, 0.2) is 5.78 Å². The molecule has 0 saturated carbocycles. The van der Waals surface area contributed by atoms with E-state index in [0.29, 0.717) is 36.2 Å². The third kappa shape index (κ3) is 2.26. The number of ketones is 1. The van der Waals surface area contributed by atoms with Gasteiger partial charge in [0, 0.05) is 31.6 Å². The second-order valence-corrected chi connectivity index (χ2v) is 4.68. The van der Waals surface area contributed by atoms with Crippen LogP contribution >= 0.6 is 0 Å². The van der Waals surface area contributed by atoms with Crippen molar-refractivity contribution in [1.29, 1.82) is 0 Å². The molecule has 2 heterocycles. The Morgan fingerprint density at radius 3 is 2.79 bits per heavy atom. The van der Waals surface area contributed by atoms with E-state index in [1.165, 1.54) is 11.7 Å². The van der Waals surface area contributed by atoms with E-state index in [-0.39, 0.29) is 23.9 Å². The number of hydrogen-bond donors (Lipinski definition) is 0. The number of Topliss-reactive ketones (excluding diaryl/α,β-unsaturated/α-hetero) is 1. The van der Waals surface area contributed by atoms with Crippen LogP contribution in [-0.2, 0) is 22.7 Å². The SMILES string of the molecule is CCC(C=O)c1cc2n(c(=O)c1COC)CCC2=O. The number of carbonyl (C=O) groups is 2. The van der Waals surface area contributed by atoms with Crippen LogP contribution < -0.4 is 5.56 Å². The molecule has 1 aromatic heterocycles. The van der Waals surface area contributed by atoms with Crippen molar-refractivity contribution in [3.8, 4) is 0 Å². The smallest absolute Gasteiger partial charge is 0.256 e. The number of fused-ring (bicyclic) bond motifs is 1. The first-order chi connectivity index (χ1) is 9.13. The summed E-state index contributed by atoms with van der Waals surface area (Å²) >= 11 is 0. The van der Waals surface area contributed by atoms with Crippen LogP contribution in [0, 0.1) is 0 Å². The summed E-state index contributed by atoms with van der Waals surface area (Å²) in [6.45, 7) is 2.46. The Bertz CT molecular complexity index is 574. The van der Waals surface area contributed by atoms with Gasteiger partial charge in [-0.15, -0.1) is 0 Å². The first kappa shape index (κ1) is 13.7. The van der Waals surface area contributed by atoms with E-state index in [4.69, 9.17) is 4.74 Å². The number of nitrogens with zero attached hydrogens (tertiary/aromatic N) is 1. The highest BCUT2D eigenvalue weighted by Gasteiger charge is 2.26. The molecule has 0 spiro atoms. The van der Waals surface area contributed by atoms with Gasteiger partial charge in [-0.1, -0.05) is 6.92 Å². The van der Waals surface area contributed by atoms with E-state index >= 15 is 0 Å². The Morgan fingerprint density at radius 1 is 1.47 bits per heavy atom. The maximum Gasteiger partial charge on any atom is 0.256 e. The average Bonchev–Trinajstić information content (AvgIpc) is 2.77. The van der Waals surface area contributed by atoms with E-state index in [1.807, 2.05) is 6.92 Å². The number of carbonyl (C=O) groups excluding carboxylic acids is 2. The quantitative estimate of drug-likeness (QED) is 0.750. The molecular weight excluding hydrogens is 246 g/mol. The van der Waals surface area contributed by atoms with E-state index < -0.39 is 0 Å². The van der Waals surface area contributed by atoms with Gasteiger partial charge >= 0.3 is 0 Å². The monoisotopic (exact) mass is 263 g/mol. The first-order valence-electron chi connectivity index (χ1n) is 6.38. The highest BCUT2D eigenvalue weighted by Crippen LogP contribution is 2.24. The van der Waals surface area contributed by atoms with Crippen molar-refractivity contribution < 1.29 is 14.3 Å². The van der Waals surface area contributed by atoms with Crippen LogP contribution in [0.15, 0.2) is 10.9 Å². The summed E-state index contributed by atoms with van der Waals surface area (Å²) in [5.41, 5.74) is 1.33. The zero-order chi connectivity index (χ0) is 14.0. The minimum absolute atomic E-state index is 0.0388. The molecule has 1 aliphatic rings. The molecule has 2 rings (SSSR count). The number of methoxy groups -OCH3 is 1. The Morgan fingerprint density at radius 2 is 2.21 bits per heavy atom. The molecule has 0 saturated heterocycles. The van der Waals surface area contributed by atoms with Crippen LogP contribution in [0.2, 0.25) is 0 Å². The van der Waals surface area contributed by atoms with Gasteiger partial charge < -0.3 is 14.1 Å². The minimum Gasteiger partial charge on any atom is -0.380 e. The number of pyridine rings is 1. The molecule has 0 radical (unpaired) electrons. The normalized spacial score (nSPS) is 15.4. The van der Waals surface area contributed by atoms with Crippen LogP contribution in [0.25, 0.3) is 0 Å². The fourth-order valence-electron chi connectivity index (χ4n) is 2.51. The zero-order valence-corrected chi connectivity index (χ0v) is 11.1. The van der Waals surface area contributed by atoms with Gasteiger partial charge in [-0.05, 0) is 18.1 Å². The molecule has 5 nitrogen and oxygen atoms in total. The molecule has 0 fully saturated rings. The number of rotatable bonds is 5. The lowest BCUT2D eigenvalue weighted by Gasteiger charge is -2.15. The first-order valence-corrected chi connectivity index (χ1v) is 6.38. The van der Waals surface area contributed by atoms with E-state index in [9.17, 15) is 14.4 Å². The number of hydrogen-bond acceptors (Lipinski definition) is 4. The van der Waals surface area contributed by atoms with Gasteiger partial charge in [0.2, 0.25) is 0 Å². The van der Waals surface area contributed by atoms with E-state index in [1.54, 1.807) is 6.07 Å². The van der Waals surface area contributed by atoms with Crippen LogP contribution in [-0.4, -0.2) is 23.7 Å². The molecule has 19 heavy (non-hydrogen) atoms. The highest BCUT2D eigenvalue weighted by molar-refractivity contribution is 5.96. The Balaban J connectivity index is 2.67. The maximum atomic E-state index is 12.4. The summed E-state index contributed by atoms with van der Waals surface area (Å²) in [5, 5.41) is 0. The van der Waals surface area contributed by atoms with Crippen molar-refractivity contribution in [3.05, 3.63) is 33.2 Å². The molecule has 0 amide bonds. The lowest BCUT2D eigenvalue weighted by molar-refractivity contribution is -0.109. The van der Waals surface area contributed by atoms with Gasteiger partial charge in [-0.3, -0.25) is 9.59 Å². The molecule has 0 bridgehead atoms. The molecule has 1 aliphatic heterocycles. The van der Waals surface area contributed by atoms with Crippen molar-refractivity contribution in [2.75, 3.05) is 7.11 Å². The molecular formula is C14H17NO4. The Labute approximate surface area is 111 Å². The van der Waals surface area contributed by atoms with Crippen molar-refractivity contribution in [1.82, 2.24) is 4.57 Å². The van der Waals surface area contributed by atoms with Crippen molar-refractivity contribution >= 4 is 12.1 Å². The average molecular weight is 263 g/mol. The highest BCUT2D eigenvalue weighted by atomic mass is 16.5. The van der Waals surface area contributed by atoms with Gasteiger partial charge in [0.1, 0.15) is 6.29 Å². The van der Waals surface area contributed by atoms with Crippen LogP contribution in [0.5, 0.6) is 0 Å². The third-order valence-electron chi connectivity index (χ3n) is 3.58. The summed E-state index contributed by atoms with van der Waals surface area (Å²) in [6.07, 6.45) is 1.77. The maximum absolute atomic E-state index is 12.4.